The maximum atomic E-state index is 13.0. The van der Waals surface area contributed by atoms with Gasteiger partial charge in [-0.3, -0.25) is 4.79 Å². The van der Waals surface area contributed by atoms with Crippen LogP contribution in [0.2, 0.25) is 0 Å². The topological polar surface area (TPSA) is 91.8 Å². The summed E-state index contributed by atoms with van der Waals surface area (Å²) in [7, 11) is -4.86. The van der Waals surface area contributed by atoms with E-state index in [1.54, 1.807) is 13.0 Å². The number of rotatable bonds is 3. The number of hydrogen-bond donors (Lipinski definition) is 1. The largest absolute Gasteiger partial charge is 0.478 e. The molecule has 1 heterocycles. The Bertz CT molecular complexity index is 733. The van der Waals surface area contributed by atoms with E-state index in [1.807, 2.05) is 0 Å². The Morgan fingerprint density at radius 1 is 1.48 bits per heavy atom. The predicted octanol–water partition coefficient (Wildman–Crippen LogP) is 1.86. The molecule has 0 spiro atoms. The Balaban J connectivity index is 2.53. The van der Waals surface area contributed by atoms with Crippen LogP contribution in [0.5, 0.6) is 0 Å². The van der Waals surface area contributed by atoms with Crippen LogP contribution < -0.4 is 4.90 Å². The van der Waals surface area contributed by atoms with Gasteiger partial charge in [-0.2, -0.15) is 8.42 Å². The first-order valence-corrected chi connectivity index (χ1v) is 8.12. The van der Waals surface area contributed by atoms with Crippen molar-refractivity contribution in [3.63, 3.8) is 0 Å². The van der Waals surface area contributed by atoms with Gasteiger partial charge in [0.2, 0.25) is 5.91 Å². The minimum Gasteiger partial charge on any atom is -0.478 e. The molecule has 0 aromatic heterocycles. The fourth-order valence-corrected chi connectivity index (χ4v) is 3.71. The summed E-state index contributed by atoms with van der Waals surface area (Å²) in [6.45, 7) is 1.28. The van der Waals surface area contributed by atoms with Crippen LogP contribution >= 0.6 is 15.9 Å². The zero-order chi connectivity index (χ0) is 15.9. The number of nitrogens with zero attached hydrogens (tertiary/aromatic N) is 1. The molecular weight excluding hydrogens is 369 g/mol. The Morgan fingerprint density at radius 3 is 2.57 bits per heavy atom. The van der Waals surface area contributed by atoms with Crippen molar-refractivity contribution in [2.45, 2.75) is 18.6 Å². The van der Waals surface area contributed by atoms with Crippen molar-refractivity contribution in [2.24, 2.45) is 0 Å². The highest BCUT2D eigenvalue weighted by atomic mass is 79.9. The molecule has 1 saturated heterocycles. The number of carboxylic acids is 1. The number of anilines is 1. The van der Waals surface area contributed by atoms with Gasteiger partial charge in [-0.25, -0.2) is 4.79 Å². The molecule has 1 aromatic rings. The van der Waals surface area contributed by atoms with Gasteiger partial charge in [0.1, 0.15) is 5.25 Å². The first kappa shape index (κ1) is 15.9. The molecule has 114 valence electrons. The average Bonchev–Trinajstić information content (AvgIpc) is 2.70. The number of halogens is 2. The molecular formula is C12H11BrFNO5S. The van der Waals surface area contributed by atoms with E-state index in [2.05, 4.69) is 15.9 Å². The minimum absolute atomic E-state index is 0.0456. The number of benzene rings is 1. The van der Waals surface area contributed by atoms with Crippen LogP contribution in [0, 0.1) is 6.92 Å². The van der Waals surface area contributed by atoms with Crippen molar-refractivity contribution in [1.82, 2.24) is 0 Å². The molecule has 1 aliphatic heterocycles. The van der Waals surface area contributed by atoms with Crippen molar-refractivity contribution < 1.29 is 27.0 Å². The van der Waals surface area contributed by atoms with Crippen LogP contribution in [0.1, 0.15) is 22.3 Å². The number of aromatic carboxylic acids is 1. The summed E-state index contributed by atoms with van der Waals surface area (Å²) >= 11 is 3.17. The van der Waals surface area contributed by atoms with Gasteiger partial charge in [0.15, 0.2) is 0 Å². The summed E-state index contributed by atoms with van der Waals surface area (Å²) in [6.07, 6.45) is -0.502. The Kier molecular flexibility index (Phi) is 4.07. The molecule has 1 N–H and O–H groups in total. The summed E-state index contributed by atoms with van der Waals surface area (Å²) in [5.74, 6) is -1.89. The molecule has 1 unspecified atom stereocenters. The SMILES string of the molecule is Cc1cc(Br)c(N2CC(S(=O)(=O)F)CC2=O)c(C(=O)O)c1. The number of aryl methyl sites for hydroxylation is 1. The third kappa shape index (κ3) is 3.08. The van der Waals surface area contributed by atoms with E-state index in [0.717, 1.165) is 4.90 Å². The lowest BCUT2D eigenvalue weighted by molar-refractivity contribution is -0.117. The van der Waals surface area contributed by atoms with Crippen molar-refractivity contribution >= 4 is 43.7 Å². The molecule has 2 rings (SSSR count). The van der Waals surface area contributed by atoms with Gasteiger partial charge < -0.3 is 10.0 Å². The van der Waals surface area contributed by atoms with Gasteiger partial charge in [-0.1, -0.05) is 0 Å². The molecule has 1 aliphatic rings. The summed E-state index contributed by atoms with van der Waals surface area (Å²) in [5.41, 5.74) is 0.556. The van der Waals surface area contributed by atoms with Gasteiger partial charge in [0, 0.05) is 17.4 Å². The molecule has 0 radical (unpaired) electrons. The normalized spacial score (nSPS) is 19.1. The fraction of sp³-hybridized carbons (Fsp3) is 0.333. The summed E-state index contributed by atoms with van der Waals surface area (Å²) in [4.78, 5) is 24.2. The van der Waals surface area contributed by atoms with Crippen molar-refractivity contribution in [1.29, 1.82) is 0 Å². The third-order valence-corrected chi connectivity index (χ3v) is 4.91. The zero-order valence-electron chi connectivity index (χ0n) is 10.8. The fourth-order valence-electron chi connectivity index (χ4n) is 2.25. The van der Waals surface area contributed by atoms with E-state index in [-0.39, 0.29) is 11.3 Å². The standard InChI is InChI=1S/C12H11BrFNO5S/c1-6-2-8(12(17)18)11(9(13)3-6)15-5-7(4-10(15)16)21(14,19)20/h2-3,7H,4-5H2,1H3,(H,17,18). The highest BCUT2D eigenvalue weighted by Crippen LogP contribution is 2.35. The number of carboxylic acid groups (broad SMARTS) is 1. The Hall–Kier alpha value is -1.48. The molecule has 21 heavy (non-hydrogen) atoms. The van der Waals surface area contributed by atoms with Gasteiger partial charge >= 0.3 is 16.2 Å². The summed E-state index contributed by atoms with van der Waals surface area (Å²) < 4.78 is 35.3. The first-order valence-electron chi connectivity index (χ1n) is 5.88. The Morgan fingerprint density at radius 2 is 2.10 bits per heavy atom. The van der Waals surface area contributed by atoms with Crippen molar-refractivity contribution in [3.8, 4) is 0 Å². The summed E-state index contributed by atoms with van der Waals surface area (Å²) in [6, 6.07) is 2.97. The maximum Gasteiger partial charge on any atom is 0.337 e. The van der Waals surface area contributed by atoms with E-state index >= 15 is 0 Å². The second kappa shape index (κ2) is 5.38. The van der Waals surface area contributed by atoms with Gasteiger partial charge in [0.05, 0.1) is 11.3 Å². The van der Waals surface area contributed by atoms with Crippen molar-refractivity contribution in [2.75, 3.05) is 11.4 Å². The minimum atomic E-state index is -4.86. The van der Waals surface area contributed by atoms with E-state index in [4.69, 9.17) is 0 Å². The lowest BCUT2D eigenvalue weighted by Crippen LogP contribution is -2.29. The monoisotopic (exact) mass is 379 g/mol. The highest BCUT2D eigenvalue weighted by Gasteiger charge is 2.40. The second-order valence-electron chi connectivity index (χ2n) is 4.75. The van der Waals surface area contributed by atoms with Crippen LogP contribution in [0.3, 0.4) is 0 Å². The number of carbonyl (C=O) groups is 2. The van der Waals surface area contributed by atoms with Crippen LogP contribution in [0.25, 0.3) is 0 Å². The van der Waals surface area contributed by atoms with Gasteiger partial charge in [0.25, 0.3) is 0 Å². The van der Waals surface area contributed by atoms with Crippen LogP contribution in [0.4, 0.5) is 9.57 Å². The Labute approximate surface area is 128 Å². The van der Waals surface area contributed by atoms with Crippen LogP contribution in [-0.2, 0) is 15.0 Å². The van der Waals surface area contributed by atoms with Crippen LogP contribution in [-0.4, -0.2) is 37.2 Å². The average molecular weight is 380 g/mol. The third-order valence-electron chi connectivity index (χ3n) is 3.20. The highest BCUT2D eigenvalue weighted by molar-refractivity contribution is 9.10. The number of amides is 1. The van der Waals surface area contributed by atoms with E-state index in [9.17, 15) is 27.0 Å². The maximum absolute atomic E-state index is 13.0. The number of hydrogen-bond acceptors (Lipinski definition) is 4. The lowest BCUT2D eigenvalue weighted by atomic mass is 10.1. The molecule has 1 amide bonds. The molecule has 0 aliphatic carbocycles. The van der Waals surface area contributed by atoms with Gasteiger partial charge in [-0.15, -0.1) is 3.89 Å². The molecule has 0 saturated carbocycles. The lowest BCUT2D eigenvalue weighted by Gasteiger charge is -2.20. The molecule has 6 nitrogen and oxygen atoms in total. The van der Waals surface area contributed by atoms with E-state index in [1.165, 1.54) is 6.07 Å². The number of carbonyl (C=O) groups excluding carboxylic acids is 1. The van der Waals surface area contributed by atoms with Gasteiger partial charge in [-0.05, 0) is 40.5 Å². The smallest absolute Gasteiger partial charge is 0.337 e. The first-order chi connectivity index (χ1) is 9.61. The zero-order valence-corrected chi connectivity index (χ0v) is 13.2. The second-order valence-corrected chi connectivity index (χ2v) is 7.23. The molecule has 1 atom stereocenters. The summed E-state index contributed by atoms with van der Waals surface area (Å²) in [5, 5.41) is 7.76. The molecule has 0 bridgehead atoms. The van der Waals surface area contributed by atoms with E-state index in [0.29, 0.717) is 10.0 Å². The van der Waals surface area contributed by atoms with E-state index < -0.39 is 40.3 Å². The molecule has 1 aromatic carbocycles. The van der Waals surface area contributed by atoms with Crippen LogP contribution in [0.15, 0.2) is 16.6 Å². The molecule has 9 heteroatoms. The molecule has 1 fully saturated rings. The predicted molar refractivity (Wildman–Crippen MR) is 76.6 cm³/mol. The quantitative estimate of drug-likeness (QED) is 0.809. The van der Waals surface area contributed by atoms with Crippen molar-refractivity contribution in [3.05, 3.63) is 27.7 Å².